The van der Waals surface area contributed by atoms with E-state index < -0.39 is 0 Å². The van der Waals surface area contributed by atoms with Gasteiger partial charge in [-0.25, -0.2) is 9.97 Å². The van der Waals surface area contributed by atoms with Crippen LogP contribution in [0.3, 0.4) is 0 Å². The van der Waals surface area contributed by atoms with Crippen LogP contribution >= 0.6 is 0 Å². The van der Waals surface area contributed by atoms with Crippen LogP contribution in [-0.4, -0.2) is 64.7 Å². The summed E-state index contributed by atoms with van der Waals surface area (Å²) in [4.78, 5) is 24.4. The van der Waals surface area contributed by atoms with E-state index in [-0.39, 0.29) is 5.91 Å². The van der Waals surface area contributed by atoms with Gasteiger partial charge in [0.15, 0.2) is 5.65 Å². The van der Waals surface area contributed by atoms with E-state index in [1.165, 1.54) is 0 Å². The first-order valence-electron chi connectivity index (χ1n) is 11.4. The molecule has 0 atom stereocenters. The van der Waals surface area contributed by atoms with Crippen molar-refractivity contribution in [2.75, 3.05) is 39.4 Å². The molecular weight excluding hydrogens is 414 g/mol. The molecule has 7 nitrogen and oxygen atoms in total. The Kier molecular flexibility index (Phi) is 6.41. The fourth-order valence-corrected chi connectivity index (χ4v) is 4.13. The highest BCUT2D eigenvalue weighted by Gasteiger charge is 2.16. The number of pyridine rings is 1. The van der Waals surface area contributed by atoms with Gasteiger partial charge in [-0.3, -0.25) is 14.3 Å². The first kappa shape index (κ1) is 21.3. The van der Waals surface area contributed by atoms with E-state index in [0.717, 1.165) is 67.5 Å². The Bertz CT molecular complexity index is 1210. The molecule has 1 fully saturated rings. The molecule has 4 aromatic rings. The van der Waals surface area contributed by atoms with E-state index in [2.05, 4.69) is 15.2 Å². The van der Waals surface area contributed by atoms with Crippen molar-refractivity contribution in [3.63, 3.8) is 0 Å². The second kappa shape index (κ2) is 9.94. The Balaban J connectivity index is 1.31. The summed E-state index contributed by atoms with van der Waals surface area (Å²) in [7, 11) is 0. The maximum absolute atomic E-state index is 12.6. The summed E-state index contributed by atoms with van der Waals surface area (Å²) in [6.07, 6.45) is 2.70. The minimum Gasteiger partial charge on any atom is -0.379 e. The maximum atomic E-state index is 12.6. The first-order chi connectivity index (χ1) is 16.3. The molecule has 5 rings (SSSR count). The number of nitrogens with zero attached hydrogens (tertiary/aromatic N) is 4. The maximum Gasteiger partial charge on any atom is 0.251 e. The van der Waals surface area contributed by atoms with E-state index in [0.29, 0.717) is 12.1 Å². The molecular formula is C26H27N5O2. The lowest BCUT2D eigenvalue weighted by molar-refractivity contribution is 0.0374. The smallest absolute Gasteiger partial charge is 0.251 e. The number of imidazole rings is 1. The average molecular weight is 442 g/mol. The zero-order chi connectivity index (χ0) is 22.5. The van der Waals surface area contributed by atoms with E-state index in [1.807, 2.05) is 71.3 Å². The van der Waals surface area contributed by atoms with Gasteiger partial charge >= 0.3 is 0 Å². The molecule has 0 bridgehead atoms. The third-order valence-corrected chi connectivity index (χ3v) is 5.88. The molecule has 33 heavy (non-hydrogen) atoms. The van der Waals surface area contributed by atoms with Gasteiger partial charge in [0.2, 0.25) is 0 Å². The molecule has 3 heterocycles. The average Bonchev–Trinajstić information content (AvgIpc) is 3.27. The van der Waals surface area contributed by atoms with E-state index in [4.69, 9.17) is 9.72 Å². The number of benzene rings is 2. The second-order valence-corrected chi connectivity index (χ2v) is 8.09. The van der Waals surface area contributed by atoms with Crippen LogP contribution in [0.5, 0.6) is 0 Å². The fourth-order valence-electron chi connectivity index (χ4n) is 4.13. The number of hydrogen-bond acceptors (Lipinski definition) is 5. The van der Waals surface area contributed by atoms with Crippen molar-refractivity contribution in [3.8, 4) is 17.1 Å². The summed E-state index contributed by atoms with van der Waals surface area (Å²) in [6, 6.07) is 21.5. The zero-order valence-electron chi connectivity index (χ0n) is 18.5. The molecule has 1 N–H and O–H groups in total. The molecule has 0 aliphatic carbocycles. The summed E-state index contributed by atoms with van der Waals surface area (Å²) < 4.78 is 7.41. The van der Waals surface area contributed by atoms with Crippen LogP contribution in [0, 0.1) is 0 Å². The number of amides is 1. The minimum absolute atomic E-state index is 0.0552. The topological polar surface area (TPSA) is 72.3 Å². The highest BCUT2D eigenvalue weighted by Crippen LogP contribution is 2.27. The van der Waals surface area contributed by atoms with E-state index >= 15 is 0 Å². The fraction of sp³-hybridized carbons (Fsp3) is 0.269. The molecule has 1 aliphatic rings. The quantitative estimate of drug-likeness (QED) is 0.444. The first-order valence-corrected chi connectivity index (χ1v) is 11.4. The largest absolute Gasteiger partial charge is 0.379 e. The molecule has 168 valence electrons. The molecule has 2 aromatic carbocycles. The van der Waals surface area contributed by atoms with Crippen molar-refractivity contribution in [2.45, 2.75) is 6.42 Å². The van der Waals surface area contributed by atoms with Crippen LogP contribution in [0.25, 0.3) is 28.2 Å². The Morgan fingerprint density at radius 3 is 2.55 bits per heavy atom. The number of rotatable bonds is 7. The summed E-state index contributed by atoms with van der Waals surface area (Å²) in [5, 5.41) is 3.03. The van der Waals surface area contributed by atoms with Crippen LogP contribution in [-0.2, 0) is 4.74 Å². The minimum atomic E-state index is -0.0552. The number of nitrogens with one attached hydrogen (secondary N) is 1. The zero-order valence-corrected chi connectivity index (χ0v) is 18.5. The van der Waals surface area contributed by atoms with Crippen LogP contribution in [0.4, 0.5) is 0 Å². The van der Waals surface area contributed by atoms with Crippen molar-refractivity contribution >= 4 is 17.1 Å². The van der Waals surface area contributed by atoms with Crippen LogP contribution in [0.2, 0.25) is 0 Å². The summed E-state index contributed by atoms with van der Waals surface area (Å²) in [5.41, 5.74) is 4.19. The number of hydrogen-bond donors (Lipinski definition) is 1. The van der Waals surface area contributed by atoms with Crippen LogP contribution in [0.1, 0.15) is 16.8 Å². The third kappa shape index (κ3) is 4.79. The van der Waals surface area contributed by atoms with Crippen LogP contribution < -0.4 is 5.32 Å². The monoisotopic (exact) mass is 441 g/mol. The van der Waals surface area contributed by atoms with Gasteiger partial charge in [0.25, 0.3) is 5.91 Å². The van der Waals surface area contributed by atoms with Gasteiger partial charge in [0, 0.05) is 42.6 Å². The molecule has 0 saturated carbocycles. The number of carbonyl (C=O) groups excluding carboxylic acids is 1. The lowest BCUT2D eigenvalue weighted by Gasteiger charge is -2.26. The molecule has 1 amide bonds. The molecule has 0 unspecified atom stereocenters. The van der Waals surface area contributed by atoms with E-state index in [1.54, 1.807) is 6.20 Å². The number of ether oxygens (including phenoxy) is 1. The lowest BCUT2D eigenvalue weighted by Crippen LogP contribution is -2.38. The SMILES string of the molecule is O=C(NCCCN1CCOCC1)c1ccc(-n2c(-c3ccccc3)nc3cccnc32)cc1. The molecule has 1 aliphatic heterocycles. The van der Waals surface area contributed by atoms with Gasteiger partial charge < -0.3 is 10.1 Å². The van der Waals surface area contributed by atoms with Gasteiger partial charge in [-0.05, 0) is 49.4 Å². The van der Waals surface area contributed by atoms with Gasteiger partial charge in [0.1, 0.15) is 11.3 Å². The normalized spacial score (nSPS) is 14.4. The second-order valence-electron chi connectivity index (χ2n) is 8.09. The predicted molar refractivity (Wildman–Crippen MR) is 129 cm³/mol. The van der Waals surface area contributed by atoms with Gasteiger partial charge in [-0.2, -0.15) is 0 Å². The highest BCUT2D eigenvalue weighted by atomic mass is 16.5. The Morgan fingerprint density at radius 2 is 1.76 bits per heavy atom. The standard InChI is InChI=1S/C26H27N5O2/c32-26(28-14-5-15-30-16-18-33-19-17-30)21-9-11-22(12-10-21)31-24(20-6-2-1-3-7-20)29-23-8-4-13-27-25(23)31/h1-4,6-13H,5,14-19H2,(H,28,32). The molecule has 2 aromatic heterocycles. The molecule has 7 heteroatoms. The highest BCUT2D eigenvalue weighted by molar-refractivity contribution is 5.94. The summed E-state index contributed by atoms with van der Waals surface area (Å²) in [5.74, 6) is 0.769. The third-order valence-electron chi connectivity index (χ3n) is 5.88. The predicted octanol–water partition coefficient (Wildman–Crippen LogP) is 3.54. The van der Waals surface area contributed by atoms with Gasteiger partial charge in [-0.15, -0.1) is 0 Å². The lowest BCUT2D eigenvalue weighted by atomic mass is 10.1. The van der Waals surface area contributed by atoms with Crippen molar-refractivity contribution in [1.29, 1.82) is 0 Å². The van der Waals surface area contributed by atoms with Crippen molar-refractivity contribution in [2.24, 2.45) is 0 Å². The van der Waals surface area contributed by atoms with Crippen molar-refractivity contribution in [1.82, 2.24) is 24.8 Å². The summed E-state index contributed by atoms with van der Waals surface area (Å²) >= 11 is 0. The Hall–Kier alpha value is -3.55. The summed E-state index contributed by atoms with van der Waals surface area (Å²) in [6.45, 7) is 5.17. The molecule has 1 saturated heterocycles. The van der Waals surface area contributed by atoms with Gasteiger partial charge in [-0.1, -0.05) is 30.3 Å². The number of fused-ring (bicyclic) bond motifs is 1. The van der Waals surface area contributed by atoms with Crippen LogP contribution in [0.15, 0.2) is 72.9 Å². The van der Waals surface area contributed by atoms with Crippen molar-refractivity contribution < 1.29 is 9.53 Å². The van der Waals surface area contributed by atoms with Gasteiger partial charge in [0.05, 0.1) is 13.2 Å². The number of carbonyl (C=O) groups is 1. The van der Waals surface area contributed by atoms with Crippen molar-refractivity contribution in [3.05, 3.63) is 78.5 Å². The van der Waals surface area contributed by atoms with E-state index in [9.17, 15) is 4.79 Å². The Morgan fingerprint density at radius 1 is 0.970 bits per heavy atom. The molecule has 0 spiro atoms. The number of aromatic nitrogens is 3. The Labute approximate surface area is 193 Å². The molecule has 0 radical (unpaired) electrons. The number of morpholine rings is 1.